The van der Waals surface area contributed by atoms with Crippen molar-refractivity contribution >= 4 is 16.6 Å². The minimum absolute atomic E-state index is 0.387. The minimum Gasteiger partial charge on any atom is -0.399 e. The molecule has 0 saturated heterocycles. The summed E-state index contributed by atoms with van der Waals surface area (Å²) in [5.41, 5.74) is 7.28. The molecule has 0 fully saturated rings. The van der Waals surface area contributed by atoms with Crippen LogP contribution in [0.2, 0.25) is 0 Å². The van der Waals surface area contributed by atoms with Gasteiger partial charge in [0.2, 0.25) is 0 Å². The lowest BCUT2D eigenvalue weighted by atomic mass is 10.2. The van der Waals surface area contributed by atoms with Crippen LogP contribution in [-0.2, 0) is 6.54 Å². The minimum atomic E-state index is -0.387. The molecule has 0 spiro atoms. The van der Waals surface area contributed by atoms with E-state index in [1.165, 1.54) is 0 Å². The van der Waals surface area contributed by atoms with Crippen LogP contribution in [0, 0.1) is 0 Å². The maximum atomic E-state index is 9.20. The van der Waals surface area contributed by atoms with E-state index in [2.05, 4.69) is 5.10 Å². The van der Waals surface area contributed by atoms with E-state index in [1.54, 1.807) is 11.6 Å². The molecule has 1 aromatic heterocycles. The van der Waals surface area contributed by atoms with E-state index in [-0.39, 0.29) is 6.10 Å². The number of benzene rings is 1. The lowest BCUT2D eigenvalue weighted by Crippen LogP contribution is -2.11. The van der Waals surface area contributed by atoms with E-state index in [0.717, 1.165) is 16.6 Å². The highest BCUT2D eigenvalue weighted by Crippen LogP contribution is 2.15. The number of hydrogen-bond acceptors (Lipinski definition) is 3. The van der Waals surface area contributed by atoms with E-state index < -0.39 is 0 Å². The van der Waals surface area contributed by atoms with Crippen molar-refractivity contribution in [3.05, 3.63) is 24.4 Å². The predicted octanol–water partition coefficient (Wildman–Crippen LogP) is 0.999. The molecule has 4 heteroatoms. The number of aromatic nitrogens is 2. The summed E-state index contributed by atoms with van der Waals surface area (Å²) in [7, 11) is 0. The molecule has 0 aliphatic rings. The molecule has 74 valence electrons. The Morgan fingerprint density at radius 3 is 3.07 bits per heavy atom. The van der Waals surface area contributed by atoms with Gasteiger partial charge in [-0.1, -0.05) is 0 Å². The highest BCUT2D eigenvalue weighted by Gasteiger charge is 2.02. The molecular weight excluding hydrogens is 178 g/mol. The predicted molar refractivity (Wildman–Crippen MR) is 55.8 cm³/mol. The Kier molecular flexibility index (Phi) is 2.13. The third-order valence-corrected chi connectivity index (χ3v) is 2.03. The van der Waals surface area contributed by atoms with Gasteiger partial charge in [0.25, 0.3) is 0 Å². The fourth-order valence-corrected chi connectivity index (χ4v) is 1.46. The van der Waals surface area contributed by atoms with Crippen molar-refractivity contribution in [2.45, 2.75) is 19.6 Å². The van der Waals surface area contributed by atoms with Gasteiger partial charge in [-0.25, -0.2) is 0 Å². The van der Waals surface area contributed by atoms with Gasteiger partial charge in [0.1, 0.15) is 0 Å². The Morgan fingerprint density at radius 1 is 1.57 bits per heavy atom. The molecule has 0 aliphatic heterocycles. The molecule has 3 N–H and O–H groups in total. The Balaban J connectivity index is 2.41. The summed E-state index contributed by atoms with van der Waals surface area (Å²) < 4.78 is 1.73. The summed E-state index contributed by atoms with van der Waals surface area (Å²) in [5.74, 6) is 0. The quantitative estimate of drug-likeness (QED) is 0.696. The average molecular weight is 191 g/mol. The zero-order chi connectivity index (χ0) is 10.1. The summed E-state index contributed by atoms with van der Waals surface area (Å²) in [6, 6.07) is 5.58. The van der Waals surface area contributed by atoms with Crippen LogP contribution in [0.25, 0.3) is 10.9 Å². The fourth-order valence-electron chi connectivity index (χ4n) is 1.46. The van der Waals surface area contributed by atoms with Crippen molar-refractivity contribution in [2.24, 2.45) is 0 Å². The highest BCUT2D eigenvalue weighted by molar-refractivity contribution is 5.81. The number of nitrogens with zero attached hydrogens (tertiary/aromatic N) is 2. The molecule has 0 aliphatic carbocycles. The maximum Gasteiger partial charge on any atom is 0.0924 e. The summed E-state index contributed by atoms with van der Waals surface area (Å²) in [6.07, 6.45) is 1.50. The van der Waals surface area contributed by atoms with Crippen molar-refractivity contribution in [2.75, 3.05) is 5.73 Å². The number of hydrogen-bond donors (Lipinski definition) is 2. The van der Waals surface area contributed by atoms with E-state index >= 15 is 0 Å². The van der Waals surface area contributed by atoms with Crippen LogP contribution in [0.4, 0.5) is 5.69 Å². The molecule has 2 rings (SSSR count). The first-order valence-electron chi connectivity index (χ1n) is 4.56. The van der Waals surface area contributed by atoms with Gasteiger partial charge in [0.05, 0.1) is 18.2 Å². The van der Waals surface area contributed by atoms with E-state index in [4.69, 9.17) is 5.73 Å². The molecule has 4 nitrogen and oxygen atoms in total. The number of aliphatic hydroxyl groups is 1. The standard InChI is InChI=1S/C10H13N3O/c1-7(14)5-13-6-8-4-9(11)2-3-10(8)12-13/h2-4,6-7,14H,5,11H2,1H3. The average Bonchev–Trinajstić information content (AvgIpc) is 2.44. The van der Waals surface area contributed by atoms with Crippen molar-refractivity contribution in [1.82, 2.24) is 9.78 Å². The van der Waals surface area contributed by atoms with Gasteiger partial charge in [-0.3, -0.25) is 4.68 Å². The van der Waals surface area contributed by atoms with E-state index in [0.29, 0.717) is 6.54 Å². The topological polar surface area (TPSA) is 64.1 Å². The molecule has 1 heterocycles. The third-order valence-electron chi connectivity index (χ3n) is 2.03. The van der Waals surface area contributed by atoms with Crippen LogP contribution >= 0.6 is 0 Å². The van der Waals surface area contributed by atoms with Gasteiger partial charge in [0.15, 0.2) is 0 Å². The Bertz CT molecular complexity index is 448. The smallest absolute Gasteiger partial charge is 0.0924 e. The van der Waals surface area contributed by atoms with Gasteiger partial charge in [-0.2, -0.15) is 5.10 Å². The summed E-state index contributed by atoms with van der Waals surface area (Å²) in [5, 5.41) is 14.5. The summed E-state index contributed by atoms with van der Waals surface area (Å²) in [6.45, 7) is 2.25. The monoisotopic (exact) mass is 191 g/mol. The van der Waals surface area contributed by atoms with Crippen LogP contribution in [0.3, 0.4) is 0 Å². The van der Waals surface area contributed by atoms with Gasteiger partial charge in [-0.15, -0.1) is 0 Å². The van der Waals surface area contributed by atoms with E-state index in [1.807, 2.05) is 24.4 Å². The van der Waals surface area contributed by atoms with Crippen molar-refractivity contribution in [3.8, 4) is 0 Å². The zero-order valence-corrected chi connectivity index (χ0v) is 8.01. The molecule has 1 atom stereocenters. The first kappa shape index (κ1) is 9.02. The number of fused-ring (bicyclic) bond motifs is 1. The molecule has 14 heavy (non-hydrogen) atoms. The molecular formula is C10H13N3O. The fraction of sp³-hybridized carbons (Fsp3) is 0.300. The molecule has 0 bridgehead atoms. The second-order valence-electron chi connectivity index (χ2n) is 3.52. The Labute approximate surface area is 81.9 Å². The van der Waals surface area contributed by atoms with Gasteiger partial charge in [-0.05, 0) is 25.1 Å². The highest BCUT2D eigenvalue weighted by atomic mass is 16.3. The first-order chi connectivity index (χ1) is 6.65. The number of aliphatic hydroxyl groups excluding tert-OH is 1. The second-order valence-corrected chi connectivity index (χ2v) is 3.52. The molecule has 1 aromatic carbocycles. The SMILES string of the molecule is CC(O)Cn1cc2cc(N)ccc2n1. The van der Waals surface area contributed by atoms with Gasteiger partial charge < -0.3 is 10.8 Å². The first-order valence-corrected chi connectivity index (χ1v) is 4.56. The van der Waals surface area contributed by atoms with Crippen molar-refractivity contribution < 1.29 is 5.11 Å². The molecule has 1 unspecified atom stereocenters. The largest absolute Gasteiger partial charge is 0.399 e. The van der Waals surface area contributed by atoms with Crippen molar-refractivity contribution in [1.29, 1.82) is 0 Å². The zero-order valence-electron chi connectivity index (χ0n) is 8.01. The molecule has 2 aromatic rings. The van der Waals surface area contributed by atoms with Crippen LogP contribution in [0.5, 0.6) is 0 Å². The number of anilines is 1. The number of nitrogens with two attached hydrogens (primary N) is 1. The van der Waals surface area contributed by atoms with E-state index in [9.17, 15) is 5.11 Å². The van der Waals surface area contributed by atoms with Crippen LogP contribution in [-0.4, -0.2) is 21.0 Å². The summed E-state index contributed by atoms with van der Waals surface area (Å²) in [4.78, 5) is 0. The van der Waals surface area contributed by atoms with Crippen LogP contribution < -0.4 is 5.73 Å². The normalized spacial score (nSPS) is 13.3. The van der Waals surface area contributed by atoms with Gasteiger partial charge in [0, 0.05) is 17.3 Å². The second kappa shape index (κ2) is 3.31. The lowest BCUT2D eigenvalue weighted by Gasteiger charge is -2.02. The summed E-state index contributed by atoms with van der Waals surface area (Å²) >= 11 is 0. The van der Waals surface area contributed by atoms with Gasteiger partial charge >= 0.3 is 0 Å². The third kappa shape index (κ3) is 1.70. The Morgan fingerprint density at radius 2 is 2.36 bits per heavy atom. The maximum absolute atomic E-state index is 9.20. The molecule has 0 saturated carbocycles. The van der Waals surface area contributed by atoms with Crippen LogP contribution in [0.15, 0.2) is 24.4 Å². The van der Waals surface area contributed by atoms with Crippen molar-refractivity contribution in [3.63, 3.8) is 0 Å². The molecule has 0 amide bonds. The molecule has 0 radical (unpaired) electrons. The van der Waals surface area contributed by atoms with Crippen LogP contribution in [0.1, 0.15) is 6.92 Å². The number of nitrogen functional groups attached to an aromatic ring is 1. The number of rotatable bonds is 2. The Hall–Kier alpha value is -1.55. The lowest BCUT2D eigenvalue weighted by molar-refractivity contribution is 0.169.